The lowest BCUT2D eigenvalue weighted by molar-refractivity contribution is -0.385. The Morgan fingerprint density at radius 2 is 2.00 bits per heavy atom. The van der Waals surface area contributed by atoms with Crippen molar-refractivity contribution < 1.29 is 33.0 Å². The molecule has 0 heterocycles. The number of nitro benzene ring substituents is 1. The zero-order valence-corrected chi connectivity index (χ0v) is 10.1. The van der Waals surface area contributed by atoms with Gasteiger partial charge in [-0.2, -0.15) is 13.2 Å². The van der Waals surface area contributed by atoms with Crippen molar-refractivity contribution in [3.05, 3.63) is 27.8 Å². The summed E-state index contributed by atoms with van der Waals surface area (Å²) in [6.45, 7) is 0. The fourth-order valence-corrected chi connectivity index (χ4v) is 1.50. The highest BCUT2D eigenvalue weighted by molar-refractivity contribution is 5.54. The molecular weight excluding hydrogens is 285 g/mol. The molecule has 112 valence electrons. The number of phenolic OH excluding ortho intramolecular Hbond substituents is 1. The molecule has 7 nitrogen and oxygen atoms in total. The third-order valence-corrected chi connectivity index (χ3v) is 2.55. The monoisotopic (exact) mass is 296 g/mol. The van der Waals surface area contributed by atoms with Crippen molar-refractivity contribution in [3.63, 3.8) is 0 Å². The van der Waals surface area contributed by atoms with Gasteiger partial charge in [0.1, 0.15) is 0 Å². The van der Waals surface area contributed by atoms with Crippen molar-refractivity contribution >= 4 is 5.69 Å². The highest BCUT2D eigenvalue weighted by Gasteiger charge is 2.44. The zero-order valence-electron chi connectivity index (χ0n) is 10.1. The normalized spacial score (nSPS) is 14.7. The van der Waals surface area contributed by atoms with Crippen LogP contribution in [0.1, 0.15) is 11.6 Å². The molecule has 0 bridgehead atoms. The molecule has 0 unspecified atom stereocenters. The number of nitrogens with two attached hydrogens (primary N) is 1. The highest BCUT2D eigenvalue weighted by Crippen LogP contribution is 2.40. The summed E-state index contributed by atoms with van der Waals surface area (Å²) >= 11 is 0. The summed E-state index contributed by atoms with van der Waals surface area (Å²) in [5.74, 6) is -1.21. The molecule has 1 rings (SSSR count). The number of hydrogen-bond donors (Lipinski definition) is 3. The zero-order chi connectivity index (χ0) is 15.7. The van der Waals surface area contributed by atoms with Gasteiger partial charge in [0.25, 0.3) is 5.69 Å². The SMILES string of the molecule is COc1cc([N+](=O)[O-])cc([C@@H](N)[C@@H](O)C(F)(F)F)c1O. The maximum atomic E-state index is 12.4. The molecule has 10 heteroatoms. The van der Waals surface area contributed by atoms with Crippen LogP contribution >= 0.6 is 0 Å². The first kappa shape index (κ1) is 16.0. The Morgan fingerprint density at radius 3 is 2.40 bits per heavy atom. The molecule has 0 fully saturated rings. The number of phenols is 1. The number of nitrogens with zero attached hydrogens (tertiary/aromatic N) is 1. The van der Waals surface area contributed by atoms with Crippen LogP contribution in [0.2, 0.25) is 0 Å². The third-order valence-electron chi connectivity index (χ3n) is 2.55. The largest absolute Gasteiger partial charge is 0.504 e. The number of halogens is 3. The summed E-state index contributed by atoms with van der Waals surface area (Å²) in [5, 5.41) is 29.4. The molecule has 0 radical (unpaired) electrons. The van der Waals surface area contributed by atoms with Crippen LogP contribution < -0.4 is 10.5 Å². The van der Waals surface area contributed by atoms with E-state index in [1.165, 1.54) is 0 Å². The number of methoxy groups -OCH3 is 1. The number of nitro groups is 1. The van der Waals surface area contributed by atoms with Gasteiger partial charge in [-0.15, -0.1) is 0 Å². The van der Waals surface area contributed by atoms with Crippen molar-refractivity contribution in [1.29, 1.82) is 0 Å². The maximum Gasteiger partial charge on any atom is 0.416 e. The number of hydrogen-bond acceptors (Lipinski definition) is 6. The smallest absolute Gasteiger partial charge is 0.416 e. The van der Waals surface area contributed by atoms with Gasteiger partial charge in [0, 0.05) is 11.6 Å². The maximum absolute atomic E-state index is 12.4. The van der Waals surface area contributed by atoms with E-state index in [1.807, 2.05) is 0 Å². The first-order valence-electron chi connectivity index (χ1n) is 5.15. The van der Waals surface area contributed by atoms with Gasteiger partial charge in [-0.25, -0.2) is 0 Å². The first-order chi connectivity index (χ1) is 9.09. The standard InChI is InChI=1S/C10H11F3N2O5/c1-20-6-3-4(15(18)19)2-5(8(6)16)7(14)9(17)10(11,12)13/h2-3,7,9,16-17H,14H2,1H3/t7-,9-/m1/s1. The molecule has 0 aliphatic heterocycles. The van der Waals surface area contributed by atoms with Crippen molar-refractivity contribution in [2.75, 3.05) is 7.11 Å². The van der Waals surface area contributed by atoms with Gasteiger partial charge in [-0.05, 0) is 0 Å². The minimum absolute atomic E-state index is 0.418. The van der Waals surface area contributed by atoms with Gasteiger partial charge >= 0.3 is 6.18 Å². The average Bonchev–Trinajstić information content (AvgIpc) is 2.35. The van der Waals surface area contributed by atoms with Gasteiger partial charge < -0.3 is 20.7 Å². The number of non-ortho nitro benzene ring substituents is 1. The van der Waals surface area contributed by atoms with Crippen LogP contribution in [0.3, 0.4) is 0 Å². The molecule has 1 aromatic rings. The van der Waals surface area contributed by atoms with E-state index >= 15 is 0 Å². The van der Waals surface area contributed by atoms with Crippen LogP contribution in [-0.2, 0) is 0 Å². The van der Waals surface area contributed by atoms with Crippen molar-refractivity contribution in [3.8, 4) is 11.5 Å². The minimum atomic E-state index is -5.04. The fourth-order valence-electron chi connectivity index (χ4n) is 1.50. The van der Waals surface area contributed by atoms with Crippen molar-refractivity contribution in [2.24, 2.45) is 5.73 Å². The number of aliphatic hydroxyl groups excluding tert-OH is 1. The summed E-state index contributed by atoms with van der Waals surface area (Å²) in [6.07, 6.45) is -8.02. The molecule has 1 aromatic carbocycles. The van der Waals surface area contributed by atoms with E-state index in [1.54, 1.807) is 0 Å². The van der Waals surface area contributed by atoms with E-state index in [0.29, 0.717) is 6.07 Å². The molecule has 2 atom stereocenters. The van der Waals surface area contributed by atoms with Crippen molar-refractivity contribution in [2.45, 2.75) is 18.3 Å². The van der Waals surface area contributed by atoms with Crippen LogP contribution in [-0.4, -0.2) is 34.5 Å². The Bertz CT molecular complexity index is 520. The number of rotatable bonds is 4. The molecule has 0 aliphatic carbocycles. The number of alkyl halides is 3. The lowest BCUT2D eigenvalue weighted by Crippen LogP contribution is -2.38. The summed E-state index contributed by atoms with van der Waals surface area (Å²) < 4.78 is 41.8. The van der Waals surface area contributed by atoms with Crippen molar-refractivity contribution in [1.82, 2.24) is 0 Å². The molecule has 0 aromatic heterocycles. The van der Waals surface area contributed by atoms with E-state index in [0.717, 1.165) is 13.2 Å². The van der Waals surface area contributed by atoms with Crippen LogP contribution in [0.15, 0.2) is 12.1 Å². The molecule has 0 saturated heterocycles. The summed E-state index contributed by atoms with van der Waals surface area (Å²) in [5.41, 5.74) is 3.95. The number of ether oxygens (including phenoxy) is 1. The van der Waals surface area contributed by atoms with E-state index in [9.17, 15) is 28.4 Å². The molecule has 0 saturated carbocycles. The molecule has 20 heavy (non-hydrogen) atoms. The molecule has 0 aliphatic rings. The Morgan fingerprint density at radius 1 is 1.45 bits per heavy atom. The predicted molar refractivity (Wildman–Crippen MR) is 60.3 cm³/mol. The van der Waals surface area contributed by atoms with Crippen LogP contribution in [0, 0.1) is 10.1 Å². The van der Waals surface area contributed by atoms with E-state index in [-0.39, 0.29) is 0 Å². The van der Waals surface area contributed by atoms with Crippen LogP contribution in [0.5, 0.6) is 11.5 Å². The Labute approximate surface area is 110 Å². The lowest BCUT2D eigenvalue weighted by atomic mass is 9.99. The van der Waals surface area contributed by atoms with Gasteiger partial charge in [-0.1, -0.05) is 0 Å². The molecular formula is C10H11F3N2O5. The van der Waals surface area contributed by atoms with E-state index < -0.39 is 46.0 Å². The average molecular weight is 296 g/mol. The molecule has 4 N–H and O–H groups in total. The fraction of sp³-hybridized carbons (Fsp3) is 0.400. The minimum Gasteiger partial charge on any atom is -0.504 e. The summed E-state index contributed by atoms with van der Waals surface area (Å²) in [4.78, 5) is 9.77. The topological polar surface area (TPSA) is 119 Å². The highest BCUT2D eigenvalue weighted by atomic mass is 19.4. The van der Waals surface area contributed by atoms with Gasteiger partial charge in [0.15, 0.2) is 17.6 Å². The molecule has 0 amide bonds. The van der Waals surface area contributed by atoms with Gasteiger partial charge in [0.2, 0.25) is 0 Å². The number of aliphatic hydroxyl groups is 1. The molecule has 0 spiro atoms. The third kappa shape index (κ3) is 3.08. The second kappa shape index (κ2) is 5.51. The quantitative estimate of drug-likeness (QED) is 0.568. The second-order valence-electron chi connectivity index (χ2n) is 3.86. The second-order valence-corrected chi connectivity index (χ2v) is 3.86. The van der Waals surface area contributed by atoms with Crippen LogP contribution in [0.4, 0.5) is 18.9 Å². The number of aromatic hydroxyl groups is 1. The summed E-state index contributed by atoms with van der Waals surface area (Å²) in [6, 6.07) is -0.619. The summed E-state index contributed by atoms with van der Waals surface area (Å²) in [7, 11) is 1.06. The Balaban J connectivity index is 3.36. The van der Waals surface area contributed by atoms with E-state index in [2.05, 4.69) is 4.74 Å². The Kier molecular flexibility index (Phi) is 4.40. The first-order valence-corrected chi connectivity index (χ1v) is 5.15. The lowest BCUT2D eigenvalue weighted by Gasteiger charge is -2.22. The van der Waals surface area contributed by atoms with Crippen LogP contribution in [0.25, 0.3) is 0 Å². The van der Waals surface area contributed by atoms with Gasteiger partial charge in [0.05, 0.1) is 24.1 Å². The van der Waals surface area contributed by atoms with Gasteiger partial charge in [-0.3, -0.25) is 10.1 Å². The number of benzene rings is 1. The van der Waals surface area contributed by atoms with E-state index in [4.69, 9.17) is 10.8 Å². The Hall–Kier alpha value is -2.07. The predicted octanol–water partition coefficient (Wildman–Crippen LogP) is 1.23.